The van der Waals surface area contributed by atoms with E-state index in [2.05, 4.69) is 32.6 Å². The van der Waals surface area contributed by atoms with Gasteiger partial charge in [-0.25, -0.2) is 4.98 Å². The molecule has 1 aliphatic carbocycles. The lowest BCUT2D eigenvalue weighted by atomic mass is 9.76. The number of H-pyrrole nitrogens is 1. The SMILES string of the molecule is COc1ccc(C2CC(NCc3ncn[nH]3)C2)cc1. The summed E-state index contributed by atoms with van der Waals surface area (Å²) >= 11 is 0. The summed E-state index contributed by atoms with van der Waals surface area (Å²) in [5, 5.41) is 10.2. The van der Waals surface area contributed by atoms with Crippen LogP contribution in [0.1, 0.15) is 30.1 Å². The molecule has 5 nitrogen and oxygen atoms in total. The summed E-state index contributed by atoms with van der Waals surface area (Å²) in [6.07, 6.45) is 3.90. The monoisotopic (exact) mass is 258 g/mol. The molecule has 1 fully saturated rings. The second kappa shape index (κ2) is 5.40. The molecule has 1 aliphatic rings. The van der Waals surface area contributed by atoms with Crippen molar-refractivity contribution in [2.24, 2.45) is 0 Å². The first-order valence-electron chi connectivity index (χ1n) is 6.56. The molecular weight excluding hydrogens is 240 g/mol. The van der Waals surface area contributed by atoms with Crippen LogP contribution in [-0.4, -0.2) is 28.3 Å². The molecule has 3 rings (SSSR count). The number of aromatic amines is 1. The Labute approximate surface area is 112 Å². The molecule has 1 saturated carbocycles. The van der Waals surface area contributed by atoms with E-state index in [4.69, 9.17) is 4.74 Å². The molecule has 0 saturated heterocycles. The molecule has 19 heavy (non-hydrogen) atoms. The van der Waals surface area contributed by atoms with Crippen LogP contribution in [-0.2, 0) is 6.54 Å². The Kier molecular flexibility index (Phi) is 3.46. The zero-order chi connectivity index (χ0) is 13.1. The maximum absolute atomic E-state index is 5.17. The summed E-state index contributed by atoms with van der Waals surface area (Å²) in [5.41, 5.74) is 1.40. The molecule has 1 heterocycles. The van der Waals surface area contributed by atoms with Crippen molar-refractivity contribution in [2.75, 3.05) is 7.11 Å². The highest BCUT2D eigenvalue weighted by atomic mass is 16.5. The molecule has 0 spiro atoms. The second-order valence-electron chi connectivity index (χ2n) is 4.95. The first-order valence-corrected chi connectivity index (χ1v) is 6.56. The van der Waals surface area contributed by atoms with Crippen LogP contribution in [0.4, 0.5) is 0 Å². The maximum Gasteiger partial charge on any atom is 0.138 e. The number of hydrogen-bond acceptors (Lipinski definition) is 4. The van der Waals surface area contributed by atoms with Crippen molar-refractivity contribution in [2.45, 2.75) is 31.3 Å². The van der Waals surface area contributed by atoms with Crippen LogP contribution < -0.4 is 10.1 Å². The number of benzene rings is 1. The summed E-state index contributed by atoms with van der Waals surface area (Å²) in [4.78, 5) is 4.10. The van der Waals surface area contributed by atoms with Crippen molar-refractivity contribution in [1.29, 1.82) is 0 Å². The lowest BCUT2D eigenvalue weighted by molar-refractivity contribution is 0.287. The number of ether oxygens (including phenoxy) is 1. The van der Waals surface area contributed by atoms with Gasteiger partial charge in [-0.2, -0.15) is 5.10 Å². The largest absolute Gasteiger partial charge is 0.497 e. The molecule has 100 valence electrons. The highest BCUT2D eigenvalue weighted by Gasteiger charge is 2.29. The highest BCUT2D eigenvalue weighted by Crippen LogP contribution is 2.37. The van der Waals surface area contributed by atoms with Gasteiger partial charge in [0.25, 0.3) is 0 Å². The molecule has 2 aromatic rings. The Bertz CT molecular complexity index is 503. The van der Waals surface area contributed by atoms with Crippen LogP contribution in [0.15, 0.2) is 30.6 Å². The van der Waals surface area contributed by atoms with Gasteiger partial charge in [-0.15, -0.1) is 0 Å². The van der Waals surface area contributed by atoms with Gasteiger partial charge in [0.2, 0.25) is 0 Å². The number of methoxy groups -OCH3 is 1. The third-order valence-corrected chi connectivity index (χ3v) is 3.75. The third kappa shape index (κ3) is 2.76. The van der Waals surface area contributed by atoms with Gasteiger partial charge in [0.05, 0.1) is 13.7 Å². The van der Waals surface area contributed by atoms with E-state index in [-0.39, 0.29) is 0 Å². The van der Waals surface area contributed by atoms with Gasteiger partial charge in [-0.3, -0.25) is 5.10 Å². The fourth-order valence-electron chi connectivity index (χ4n) is 2.49. The number of nitrogens with one attached hydrogen (secondary N) is 2. The summed E-state index contributed by atoms with van der Waals surface area (Å²) in [7, 11) is 1.70. The van der Waals surface area contributed by atoms with Gasteiger partial charge >= 0.3 is 0 Å². The summed E-state index contributed by atoms with van der Waals surface area (Å²) in [6.45, 7) is 0.764. The Morgan fingerprint density at radius 3 is 2.74 bits per heavy atom. The Balaban J connectivity index is 1.46. The first kappa shape index (κ1) is 12.2. The molecule has 5 heteroatoms. The molecule has 0 radical (unpaired) electrons. The van der Waals surface area contributed by atoms with Crippen molar-refractivity contribution < 1.29 is 4.74 Å². The number of nitrogens with zero attached hydrogens (tertiary/aromatic N) is 2. The number of aromatic nitrogens is 3. The minimum Gasteiger partial charge on any atom is -0.497 e. The van der Waals surface area contributed by atoms with Crippen LogP contribution in [0.5, 0.6) is 5.75 Å². The quantitative estimate of drug-likeness (QED) is 0.859. The smallest absolute Gasteiger partial charge is 0.138 e. The van der Waals surface area contributed by atoms with Crippen LogP contribution in [0.25, 0.3) is 0 Å². The highest BCUT2D eigenvalue weighted by molar-refractivity contribution is 5.30. The van der Waals surface area contributed by atoms with Gasteiger partial charge in [0.15, 0.2) is 0 Å². The Morgan fingerprint density at radius 2 is 2.11 bits per heavy atom. The van der Waals surface area contributed by atoms with Gasteiger partial charge in [0, 0.05) is 6.04 Å². The minimum absolute atomic E-state index is 0.581. The third-order valence-electron chi connectivity index (χ3n) is 3.75. The van der Waals surface area contributed by atoms with E-state index in [9.17, 15) is 0 Å². The van der Waals surface area contributed by atoms with E-state index >= 15 is 0 Å². The second-order valence-corrected chi connectivity index (χ2v) is 4.95. The van der Waals surface area contributed by atoms with Crippen LogP contribution >= 0.6 is 0 Å². The first-order chi connectivity index (χ1) is 9.35. The van der Waals surface area contributed by atoms with Crippen molar-refractivity contribution >= 4 is 0 Å². The predicted molar refractivity (Wildman–Crippen MR) is 72.0 cm³/mol. The van der Waals surface area contributed by atoms with Crippen LogP contribution in [0.3, 0.4) is 0 Å². The van der Waals surface area contributed by atoms with E-state index in [0.29, 0.717) is 12.0 Å². The Morgan fingerprint density at radius 1 is 1.32 bits per heavy atom. The maximum atomic E-state index is 5.17. The Hall–Kier alpha value is -1.88. The van der Waals surface area contributed by atoms with E-state index < -0.39 is 0 Å². The van der Waals surface area contributed by atoms with Gasteiger partial charge in [0.1, 0.15) is 17.9 Å². The summed E-state index contributed by atoms with van der Waals surface area (Å²) in [5.74, 6) is 2.48. The molecule has 0 unspecified atom stereocenters. The molecular formula is C14H18N4O. The molecule has 1 aromatic heterocycles. The number of hydrogen-bond donors (Lipinski definition) is 2. The van der Waals surface area contributed by atoms with Gasteiger partial charge in [-0.1, -0.05) is 12.1 Å². The van der Waals surface area contributed by atoms with E-state index in [0.717, 1.165) is 18.1 Å². The normalized spacial score (nSPS) is 21.9. The summed E-state index contributed by atoms with van der Waals surface area (Å²) < 4.78 is 5.17. The van der Waals surface area contributed by atoms with Gasteiger partial charge in [-0.05, 0) is 36.5 Å². The van der Waals surface area contributed by atoms with Crippen molar-refractivity contribution in [3.05, 3.63) is 42.0 Å². The zero-order valence-electron chi connectivity index (χ0n) is 11.0. The van der Waals surface area contributed by atoms with Crippen LogP contribution in [0.2, 0.25) is 0 Å². The van der Waals surface area contributed by atoms with E-state index in [1.807, 2.05) is 12.1 Å². The standard InChI is InChI=1S/C14H18N4O/c1-19-13-4-2-10(3-5-13)11-6-12(7-11)15-8-14-16-9-17-18-14/h2-5,9,11-12,15H,6-8H2,1H3,(H,16,17,18). The minimum atomic E-state index is 0.581. The fraction of sp³-hybridized carbons (Fsp3) is 0.429. The van der Waals surface area contributed by atoms with Crippen molar-refractivity contribution in [1.82, 2.24) is 20.5 Å². The van der Waals surface area contributed by atoms with E-state index in [1.165, 1.54) is 24.7 Å². The lowest BCUT2D eigenvalue weighted by Gasteiger charge is -2.36. The predicted octanol–water partition coefficient (Wildman–Crippen LogP) is 1.85. The molecule has 0 aliphatic heterocycles. The fourth-order valence-corrected chi connectivity index (χ4v) is 2.49. The average molecular weight is 258 g/mol. The molecule has 0 amide bonds. The number of rotatable bonds is 5. The van der Waals surface area contributed by atoms with E-state index in [1.54, 1.807) is 7.11 Å². The topological polar surface area (TPSA) is 62.8 Å². The van der Waals surface area contributed by atoms with Gasteiger partial charge < -0.3 is 10.1 Å². The van der Waals surface area contributed by atoms with Crippen molar-refractivity contribution in [3.8, 4) is 5.75 Å². The molecule has 0 bridgehead atoms. The molecule has 0 atom stereocenters. The lowest BCUT2D eigenvalue weighted by Crippen LogP contribution is -2.39. The molecule has 1 aromatic carbocycles. The zero-order valence-corrected chi connectivity index (χ0v) is 11.0. The van der Waals surface area contributed by atoms with Crippen molar-refractivity contribution in [3.63, 3.8) is 0 Å². The summed E-state index contributed by atoms with van der Waals surface area (Å²) in [6, 6.07) is 8.97. The molecule has 2 N–H and O–H groups in total. The average Bonchev–Trinajstić information content (AvgIpc) is 2.91. The van der Waals surface area contributed by atoms with Crippen LogP contribution in [0, 0.1) is 0 Å².